The van der Waals surface area contributed by atoms with Gasteiger partial charge in [0, 0.05) is 15.3 Å². The van der Waals surface area contributed by atoms with Crippen LogP contribution in [-0.4, -0.2) is 0 Å². The second-order valence-electron chi connectivity index (χ2n) is 5.15. The van der Waals surface area contributed by atoms with Crippen LogP contribution in [0.5, 0.6) is 0 Å². The lowest BCUT2D eigenvalue weighted by Gasteiger charge is -2.18. The predicted octanol–water partition coefficient (Wildman–Crippen LogP) is 5.53. The molecule has 4 rings (SSSR count). The third kappa shape index (κ3) is 2.28. The lowest BCUT2D eigenvalue weighted by Crippen LogP contribution is -2.11. The van der Waals surface area contributed by atoms with Gasteiger partial charge in [0.2, 0.25) is 0 Å². The molecule has 2 aromatic heterocycles. The second kappa shape index (κ2) is 4.66. The molecule has 1 aliphatic carbocycles. The molecule has 1 unspecified atom stereocenters. The Morgan fingerprint density at radius 1 is 1.05 bits per heavy atom. The molecule has 0 amide bonds. The zero-order valence-corrected chi connectivity index (χ0v) is 12.1. The minimum absolute atomic E-state index is 0.496. The standard InChI is InChI=1S/C16H15NS2/c1-2-15(18-8-1)16(11-3-4-11)17-13-5-6-14-12(10-13)7-9-19-14/h1-2,5-11,16-17H,3-4H2. The average molecular weight is 285 g/mol. The fourth-order valence-corrected chi connectivity index (χ4v) is 4.20. The molecule has 1 atom stereocenters. The lowest BCUT2D eigenvalue weighted by atomic mass is 10.1. The number of nitrogens with one attached hydrogen (secondary N) is 1. The number of thiophene rings is 2. The molecule has 96 valence electrons. The molecule has 0 saturated heterocycles. The third-order valence-corrected chi connectivity index (χ3v) is 5.57. The van der Waals surface area contributed by atoms with Gasteiger partial charge in [-0.1, -0.05) is 6.07 Å². The first kappa shape index (κ1) is 11.5. The largest absolute Gasteiger partial charge is 0.377 e. The van der Waals surface area contributed by atoms with Crippen molar-refractivity contribution in [1.29, 1.82) is 0 Å². The van der Waals surface area contributed by atoms with E-state index in [1.165, 1.54) is 33.5 Å². The molecule has 1 saturated carbocycles. The highest BCUT2D eigenvalue weighted by Gasteiger charge is 2.32. The van der Waals surface area contributed by atoms with Crippen molar-refractivity contribution >= 4 is 38.4 Å². The van der Waals surface area contributed by atoms with Gasteiger partial charge < -0.3 is 5.32 Å². The predicted molar refractivity (Wildman–Crippen MR) is 85.2 cm³/mol. The molecule has 0 spiro atoms. The van der Waals surface area contributed by atoms with Gasteiger partial charge >= 0.3 is 0 Å². The van der Waals surface area contributed by atoms with Crippen molar-refractivity contribution in [2.75, 3.05) is 5.32 Å². The summed E-state index contributed by atoms with van der Waals surface area (Å²) in [5, 5.41) is 9.42. The van der Waals surface area contributed by atoms with E-state index in [4.69, 9.17) is 0 Å². The minimum Gasteiger partial charge on any atom is -0.377 e. The Hall–Kier alpha value is -1.32. The highest BCUT2D eigenvalue weighted by molar-refractivity contribution is 7.17. The zero-order chi connectivity index (χ0) is 12.7. The highest BCUT2D eigenvalue weighted by atomic mass is 32.1. The van der Waals surface area contributed by atoms with Gasteiger partial charge in [-0.3, -0.25) is 0 Å². The van der Waals surface area contributed by atoms with Gasteiger partial charge in [0.15, 0.2) is 0 Å². The van der Waals surface area contributed by atoms with Crippen LogP contribution in [0.25, 0.3) is 10.1 Å². The van der Waals surface area contributed by atoms with Crippen LogP contribution in [-0.2, 0) is 0 Å². The summed E-state index contributed by atoms with van der Waals surface area (Å²) in [6, 6.07) is 13.8. The Balaban J connectivity index is 1.64. The second-order valence-corrected chi connectivity index (χ2v) is 7.08. The Labute approximate surface area is 120 Å². The first-order valence-corrected chi connectivity index (χ1v) is 8.43. The number of rotatable bonds is 4. The average Bonchev–Trinajstić information content (AvgIpc) is 2.93. The van der Waals surface area contributed by atoms with Gasteiger partial charge in [-0.15, -0.1) is 22.7 Å². The van der Waals surface area contributed by atoms with Gasteiger partial charge in [0.25, 0.3) is 0 Å². The fraction of sp³-hybridized carbons (Fsp3) is 0.250. The van der Waals surface area contributed by atoms with E-state index in [1.54, 1.807) is 11.3 Å². The molecule has 0 aliphatic heterocycles. The van der Waals surface area contributed by atoms with Crippen LogP contribution in [0.1, 0.15) is 23.8 Å². The molecule has 0 radical (unpaired) electrons. The summed E-state index contributed by atoms with van der Waals surface area (Å²) >= 11 is 3.67. The molecule has 1 nitrogen and oxygen atoms in total. The smallest absolute Gasteiger partial charge is 0.0634 e. The van der Waals surface area contributed by atoms with Crippen molar-refractivity contribution in [1.82, 2.24) is 0 Å². The molecule has 19 heavy (non-hydrogen) atoms. The van der Waals surface area contributed by atoms with Crippen molar-refractivity contribution in [3.63, 3.8) is 0 Å². The quantitative estimate of drug-likeness (QED) is 0.665. The van der Waals surface area contributed by atoms with Crippen molar-refractivity contribution in [3.8, 4) is 0 Å². The van der Waals surface area contributed by atoms with Crippen molar-refractivity contribution in [2.45, 2.75) is 18.9 Å². The molecule has 1 N–H and O–H groups in total. The number of benzene rings is 1. The van der Waals surface area contributed by atoms with Gasteiger partial charge in [-0.2, -0.15) is 0 Å². The van der Waals surface area contributed by atoms with Crippen LogP contribution in [0.4, 0.5) is 5.69 Å². The number of fused-ring (bicyclic) bond motifs is 1. The summed E-state index contributed by atoms with van der Waals surface area (Å²) in [5.41, 5.74) is 1.25. The number of hydrogen-bond acceptors (Lipinski definition) is 3. The van der Waals surface area contributed by atoms with Crippen LogP contribution >= 0.6 is 22.7 Å². The molecule has 1 aromatic carbocycles. The van der Waals surface area contributed by atoms with Gasteiger partial charge in [0.05, 0.1) is 6.04 Å². The summed E-state index contributed by atoms with van der Waals surface area (Å²) in [5.74, 6) is 0.817. The molecule has 0 bridgehead atoms. The van der Waals surface area contributed by atoms with Crippen LogP contribution in [0.3, 0.4) is 0 Å². The summed E-state index contributed by atoms with van der Waals surface area (Å²) in [7, 11) is 0. The summed E-state index contributed by atoms with van der Waals surface area (Å²) in [6.45, 7) is 0. The maximum atomic E-state index is 3.74. The van der Waals surface area contributed by atoms with Crippen molar-refractivity contribution < 1.29 is 0 Å². The maximum Gasteiger partial charge on any atom is 0.0634 e. The van der Waals surface area contributed by atoms with E-state index in [2.05, 4.69) is 52.5 Å². The zero-order valence-electron chi connectivity index (χ0n) is 10.5. The molecule has 2 heterocycles. The van der Waals surface area contributed by atoms with E-state index >= 15 is 0 Å². The summed E-state index contributed by atoms with van der Waals surface area (Å²) in [6.07, 6.45) is 2.71. The molecular formula is C16H15NS2. The van der Waals surface area contributed by atoms with Gasteiger partial charge in [-0.25, -0.2) is 0 Å². The van der Waals surface area contributed by atoms with E-state index in [-0.39, 0.29) is 0 Å². The third-order valence-electron chi connectivity index (χ3n) is 3.72. The SMILES string of the molecule is c1csc(C(Nc2ccc3sccc3c2)C2CC2)c1. The van der Waals surface area contributed by atoms with Crippen LogP contribution in [0.2, 0.25) is 0 Å². The Kier molecular flexibility index (Phi) is 2.82. The Morgan fingerprint density at radius 2 is 2.00 bits per heavy atom. The van der Waals surface area contributed by atoms with Crippen LogP contribution in [0.15, 0.2) is 47.2 Å². The normalized spacial score (nSPS) is 16.6. The molecule has 1 fully saturated rings. The minimum atomic E-state index is 0.496. The molecule has 3 aromatic rings. The van der Waals surface area contributed by atoms with Crippen LogP contribution in [0, 0.1) is 5.92 Å². The first-order valence-electron chi connectivity index (χ1n) is 6.67. The molecular weight excluding hydrogens is 270 g/mol. The number of anilines is 1. The Morgan fingerprint density at radius 3 is 2.79 bits per heavy atom. The van der Waals surface area contributed by atoms with Gasteiger partial charge in [-0.05, 0) is 65.2 Å². The first-order chi connectivity index (χ1) is 9.40. The lowest BCUT2D eigenvalue weighted by molar-refractivity contribution is 0.691. The van der Waals surface area contributed by atoms with Gasteiger partial charge in [0.1, 0.15) is 0 Å². The van der Waals surface area contributed by atoms with E-state index in [0.717, 1.165) is 5.92 Å². The number of hydrogen-bond donors (Lipinski definition) is 1. The highest BCUT2D eigenvalue weighted by Crippen LogP contribution is 2.44. The maximum absolute atomic E-state index is 3.74. The van der Waals surface area contributed by atoms with Crippen molar-refractivity contribution in [2.24, 2.45) is 5.92 Å². The van der Waals surface area contributed by atoms with Crippen molar-refractivity contribution in [3.05, 3.63) is 52.0 Å². The molecule has 3 heteroatoms. The fourth-order valence-electron chi connectivity index (χ4n) is 2.56. The van der Waals surface area contributed by atoms with E-state index in [1.807, 2.05) is 11.3 Å². The van der Waals surface area contributed by atoms with E-state index in [9.17, 15) is 0 Å². The molecule has 1 aliphatic rings. The monoisotopic (exact) mass is 285 g/mol. The summed E-state index contributed by atoms with van der Waals surface area (Å²) in [4.78, 5) is 1.47. The van der Waals surface area contributed by atoms with Crippen LogP contribution < -0.4 is 5.32 Å². The van der Waals surface area contributed by atoms with E-state index in [0.29, 0.717) is 6.04 Å². The Bertz CT molecular complexity index is 680. The summed E-state index contributed by atoms with van der Waals surface area (Å²) < 4.78 is 1.37. The van der Waals surface area contributed by atoms with E-state index < -0.39 is 0 Å². The topological polar surface area (TPSA) is 12.0 Å².